The maximum absolute atomic E-state index is 13.2. The zero-order valence-electron chi connectivity index (χ0n) is 11.4. The van der Waals surface area contributed by atoms with Crippen molar-refractivity contribution in [3.05, 3.63) is 52.8 Å². The van der Waals surface area contributed by atoms with Crippen molar-refractivity contribution < 1.29 is 13.6 Å². The van der Waals surface area contributed by atoms with E-state index in [1.54, 1.807) is 6.20 Å². The predicted octanol–water partition coefficient (Wildman–Crippen LogP) is 3.37. The van der Waals surface area contributed by atoms with Crippen molar-refractivity contribution in [2.45, 2.75) is 6.92 Å². The second kappa shape index (κ2) is 5.64. The lowest BCUT2D eigenvalue weighted by atomic mass is 10.2. The van der Waals surface area contributed by atoms with Crippen LogP contribution in [0.15, 0.2) is 30.6 Å². The molecule has 0 bridgehead atoms. The van der Waals surface area contributed by atoms with Crippen molar-refractivity contribution in [3.63, 3.8) is 0 Å². The van der Waals surface area contributed by atoms with Crippen molar-refractivity contribution in [2.24, 2.45) is 0 Å². The fraction of sp³-hybridized carbons (Fsp3) is 0.0714. The van der Waals surface area contributed by atoms with Crippen LogP contribution in [0.3, 0.4) is 0 Å². The van der Waals surface area contributed by atoms with Crippen molar-refractivity contribution >= 4 is 23.2 Å². The van der Waals surface area contributed by atoms with Gasteiger partial charge in [0.15, 0.2) is 11.6 Å². The second-order valence-corrected chi connectivity index (χ2v) is 5.56. The Morgan fingerprint density at radius 3 is 2.73 bits per heavy atom. The summed E-state index contributed by atoms with van der Waals surface area (Å²) in [5.41, 5.74) is 1.24. The van der Waals surface area contributed by atoms with Crippen LogP contribution in [0, 0.1) is 18.6 Å². The number of hydrogen-bond donors (Lipinski definition) is 2. The van der Waals surface area contributed by atoms with Gasteiger partial charge in [-0.1, -0.05) is 0 Å². The van der Waals surface area contributed by atoms with Gasteiger partial charge in [0.1, 0.15) is 9.88 Å². The van der Waals surface area contributed by atoms with Gasteiger partial charge in [0.25, 0.3) is 5.91 Å². The number of benzene rings is 1. The number of anilines is 1. The van der Waals surface area contributed by atoms with Gasteiger partial charge < -0.3 is 4.98 Å². The Labute approximate surface area is 128 Å². The molecule has 8 heteroatoms. The number of aromatic nitrogens is 3. The molecule has 0 saturated heterocycles. The van der Waals surface area contributed by atoms with Gasteiger partial charge in [0.05, 0.1) is 6.20 Å². The van der Waals surface area contributed by atoms with Crippen LogP contribution in [0.25, 0.3) is 10.6 Å². The van der Waals surface area contributed by atoms with Crippen LogP contribution < -0.4 is 5.32 Å². The number of thiazole rings is 1. The molecule has 1 amide bonds. The predicted molar refractivity (Wildman–Crippen MR) is 78.7 cm³/mol. The molecule has 0 saturated carbocycles. The van der Waals surface area contributed by atoms with Crippen LogP contribution in [0.4, 0.5) is 14.7 Å². The maximum Gasteiger partial charge on any atom is 0.269 e. The Bertz CT molecular complexity index is 843. The molecular formula is C14H10F2N4OS. The fourth-order valence-corrected chi connectivity index (χ4v) is 2.59. The molecule has 3 rings (SSSR count). The molecule has 0 spiro atoms. The van der Waals surface area contributed by atoms with E-state index in [0.29, 0.717) is 21.4 Å². The number of rotatable bonds is 3. The second-order valence-electron chi connectivity index (χ2n) is 4.53. The van der Waals surface area contributed by atoms with Gasteiger partial charge in [-0.05, 0) is 25.1 Å². The van der Waals surface area contributed by atoms with Gasteiger partial charge in [0, 0.05) is 17.5 Å². The third-order valence-corrected chi connectivity index (χ3v) is 3.88. The number of nitrogens with one attached hydrogen (secondary N) is 2. The zero-order valence-corrected chi connectivity index (χ0v) is 12.2. The summed E-state index contributed by atoms with van der Waals surface area (Å²) >= 11 is 1.08. The van der Waals surface area contributed by atoms with E-state index in [4.69, 9.17) is 0 Å². The molecule has 0 aliphatic heterocycles. The third-order valence-electron chi connectivity index (χ3n) is 2.83. The number of H-pyrrole nitrogens is 1. The Morgan fingerprint density at radius 2 is 2.05 bits per heavy atom. The summed E-state index contributed by atoms with van der Waals surface area (Å²) in [6.07, 6.45) is 2.97. The monoisotopic (exact) mass is 320 g/mol. The highest BCUT2D eigenvalue weighted by molar-refractivity contribution is 7.17. The van der Waals surface area contributed by atoms with Gasteiger partial charge in [-0.15, -0.1) is 11.3 Å². The van der Waals surface area contributed by atoms with Crippen molar-refractivity contribution in [1.29, 1.82) is 0 Å². The first-order valence-electron chi connectivity index (χ1n) is 6.27. The summed E-state index contributed by atoms with van der Waals surface area (Å²) in [5, 5.41) is 3.03. The molecular weight excluding hydrogens is 310 g/mol. The van der Waals surface area contributed by atoms with E-state index >= 15 is 0 Å². The molecule has 1 aromatic carbocycles. The van der Waals surface area contributed by atoms with E-state index in [2.05, 4.69) is 20.3 Å². The summed E-state index contributed by atoms with van der Waals surface area (Å²) in [6.45, 7) is 1.82. The van der Waals surface area contributed by atoms with Crippen LogP contribution in [0.5, 0.6) is 0 Å². The lowest BCUT2D eigenvalue weighted by Crippen LogP contribution is -2.11. The zero-order chi connectivity index (χ0) is 15.7. The van der Waals surface area contributed by atoms with Crippen molar-refractivity contribution in [3.8, 4) is 10.6 Å². The number of imidazole rings is 1. The molecule has 0 unspecified atom stereocenters. The minimum Gasteiger partial charge on any atom is -0.328 e. The van der Waals surface area contributed by atoms with E-state index in [-0.39, 0.29) is 5.91 Å². The topological polar surface area (TPSA) is 70.7 Å². The van der Waals surface area contributed by atoms with Crippen LogP contribution in [-0.4, -0.2) is 20.9 Å². The van der Waals surface area contributed by atoms with Crippen LogP contribution in [0.2, 0.25) is 0 Å². The van der Waals surface area contributed by atoms with E-state index < -0.39 is 11.6 Å². The van der Waals surface area contributed by atoms with Crippen molar-refractivity contribution in [2.75, 3.05) is 5.32 Å². The normalized spacial score (nSPS) is 10.7. The summed E-state index contributed by atoms with van der Waals surface area (Å²) in [7, 11) is 0. The van der Waals surface area contributed by atoms with E-state index in [0.717, 1.165) is 29.2 Å². The number of nitrogens with zero attached hydrogens (tertiary/aromatic N) is 2. The molecule has 2 N–H and O–H groups in total. The molecule has 3 aromatic rings. The standard InChI is InChI=1S/C14H10F2N4OS/c1-7-5-18-14(19-7)20-12(21)11-6-17-13(22-11)8-2-3-9(15)10(16)4-8/h2-6H,1H3,(H2,18,19,20,21). The van der Waals surface area contributed by atoms with Gasteiger partial charge in [-0.2, -0.15) is 0 Å². The first-order chi connectivity index (χ1) is 10.5. The Kier molecular flexibility index (Phi) is 3.68. The van der Waals surface area contributed by atoms with E-state index in [9.17, 15) is 13.6 Å². The molecule has 0 aliphatic carbocycles. The van der Waals surface area contributed by atoms with Gasteiger partial charge in [-0.3, -0.25) is 10.1 Å². The highest BCUT2D eigenvalue weighted by Crippen LogP contribution is 2.26. The van der Waals surface area contributed by atoms with Gasteiger partial charge >= 0.3 is 0 Å². The molecule has 112 valence electrons. The maximum atomic E-state index is 13.2. The van der Waals surface area contributed by atoms with Gasteiger partial charge in [0.2, 0.25) is 5.95 Å². The number of aromatic amines is 1. The Morgan fingerprint density at radius 1 is 1.23 bits per heavy atom. The fourth-order valence-electron chi connectivity index (χ4n) is 1.79. The molecule has 5 nitrogen and oxygen atoms in total. The third kappa shape index (κ3) is 2.86. The van der Waals surface area contributed by atoms with Crippen LogP contribution in [0.1, 0.15) is 15.4 Å². The van der Waals surface area contributed by atoms with Crippen molar-refractivity contribution in [1.82, 2.24) is 15.0 Å². The number of halogens is 2. The lowest BCUT2D eigenvalue weighted by molar-refractivity contribution is 0.102. The minimum absolute atomic E-state index is 0.338. The van der Waals surface area contributed by atoms with Gasteiger partial charge in [-0.25, -0.2) is 18.7 Å². The number of carbonyl (C=O) groups is 1. The minimum atomic E-state index is -0.954. The first-order valence-corrected chi connectivity index (χ1v) is 7.09. The SMILES string of the molecule is Cc1cnc(NC(=O)c2cnc(-c3ccc(F)c(F)c3)s2)[nH]1. The molecule has 0 fully saturated rings. The molecule has 2 aromatic heterocycles. The summed E-state index contributed by atoms with van der Waals surface area (Å²) in [6, 6.07) is 3.48. The molecule has 0 atom stereocenters. The summed E-state index contributed by atoms with van der Waals surface area (Å²) < 4.78 is 26.2. The highest BCUT2D eigenvalue weighted by atomic mass is 32.1. The average molecular weight is 320 g/mol. The van der Waals surface area contributed by atoms with Crippen LogP contribution >= 0.6 is 11.3 Å². The molecule has 0 aliphatic rings. The quantitative estimate of drug-likeness (QED) is 0.777. The van der Waals surface area contributed by atoms with E-state index in [1.807, 2.05) is 6.92 Å². The number of amides is 1. The van der Waals surface area contributed by atoms with Crippen LogP contribution in [-0.2, 0) is 0 Å². The summed E-state index contributed by atoms with van der Waals surface area (Å²) in [5.74, 6) is -1.91. The molecule has 22 heavy (non-hydrogen) atoms. The number of hydrogen-bond acceptors (Lipinski definition) is 4. The average Bonchev–Trinajstić information content (AvgIpc) is 3.11. The molecule has 2 heterocycles. The first kappa shape index (κ1) is 14.3. The smallest absolute Gasteiger partial charge is 0.269 e. The van der Waals surface area contributed by atoms with E-state index in [1.165, 1.54) is 12.3 Å². The highest BCUT2D eigenvalue weighted by Gasteiger charge is 2.14. The summed E-state index contributed by atoms with van der Waals surface area (Å²) in [4.78, 5) is 23.3. The largest absolute Gasteiger partial charge is 0.328 e. The number of aryl methyl sites for hydroxylation is 1. The Balaban J connectivity index is 1.80. The number of carbonyl (C=O) groups excluding carboxylic acids is 1. The lowest BCUT2D eigenvalue weighted by Gasteiger charge is -1.98. The Hall–Kier alpha value is -2.61. The molecule has 0 radical (unpaired) electrons.